The monoisotopic (exact) mass is 207 g/mol. The molecule has 2 nitrogen and oxygen atoms in total. The van der Waals surface area contributed by atoms with Gasteiger partial charge in [0.1, 0.15) is 0 Å². The molecule has 77 valence electrons. The van der Waals surface area contributed by atoms with Crippen LogP contribution in [0.15, 0.2) is 54.6 Å². The lowest BCUT2D eigenvalue weighted by Gasteiger charge is -2.05. The summed E-state index contributed by atoms with van der Waals surface area (Å²) >= 11 is 0. The summed E-state index contributed by atoms with van der Waals surface area (Å²) in [7, 11) is 0. The summed E-state index contributed by atoms with van der Waals surface area (Å²) < 4.78 is 0. The molecule has 2 aromatic carbocycles. The lowest BCUT2D eigenvalue weighted by molar-refractivity contribution is 1.40. The predicted molar refractivity (Wildman–Crippen MR) is 64.6 cm³/mol. The minimum Gasteiger partial charge on any atom is -0.376 e. The van der Waals surface area contributed by atoms with Crippen LogP contribution in [0.3, 0.4) is 0 Å². The second kappa shape index (κ2) is 4.99. The van der Waals surface area contributed by atoms with E-state index in [1.165, 1.54) is 0 Å². The molecule has 1 N–H and O–H groups in total. The first-order valence-electron chi connectivity index (χ1n) is 5.03. The van der Waals surface area contributed by atoms with Crippen LogP contribution in [0.25, 0.3) is 0 Å². The van der Waals surface area contributed by atoms with Crippen molar-refractivity contribution >= 4 is 5.69 Å². The zero-order valence-corrected chi connectivity index (χ0v) is 8.72. The number of rotatable bonds is 3. The Morgan fingerprint density at radius 2 is 1.62 bits per heavy atom. The van der Waals surface area contributed by atoms with Gasteiger partial charge < -0.3 is 5.32 Å². The summed E-state index contributed by atoms with van der Waals surface area (Å²) in [5.74, 6) is 0. The van der Waals surface area contributed by atoms with Crippen LogP contribution in [0, 0.1) is 17.9 Å². The number of anilines is 1. The predicted octanol–water partition coefficient (Wildman–Crippen LogP) is 3.18. The Kier molecular flexibility index (Phi) is 3.20. The first kappa shape index (κ1) is 10.3. The van der Waals surface area contributed by atoms with E-state index in [9.17, 15) is 0 Å². The normalized spacial score (nSPS) is 9.44. The van der Waals surface area contributed by atoms with E-state index >= 15 is 0 Å². The molecule has 0 aliphatic rings. The molecule has 0 amide bonds. The third kappa shape index (κ3) is 2.61. The highest BCUT2D eigenvalue weighted by Gasteiger charge is 1.94. The quantitative estimate of drug-likeness (QED) is 0.839. The van der Waals surface area contributed by atoms with Crippen LogP contribution in [-0.4, -0.2) is 0 Å². The fourth-order valence-electron chi connectivity index (χ4n) is 1.36. The Morgan fingerprint density at radius 3 is 2.25 bits per heavy atom. The Morgan fingerprint density at radius 1 is 0.938 bits per heavy atom. The van der Waals surface area contributed by atoms with E-state index in [0.717, 1.165) is 11.3 Å². The van der Waals surface area contributed by atoms with Crippen molar-refractivity contribution in [2.24, 2.45) is 0 Å². The summed E-state index contributed by atoms with van der Waals surface area (Å²) in [5.41, 5.74) is 2.76. The summed E-state index contributed by atoms with van der Waals surface area (Å²) in [5, 5.41) is 11.8. The Bertz CT molecular complexity index is 480. The van der Waals surface area contributed by atoms with Gasteiger partial charge in [-0.25, -0.2) is 0 Å². The van der Waals surface area contributed by atoms with Gasteiger partial charge in [-0.2, -0.15) is 5.26 Å². The lowest BCUT2D eigenvalue weighted by Crippen LogP contribution is -1.95. The van der Waals surface area contributed by atoms with Crippen LogP contribution in [0.2, 0.25) is 0 Å². The average molecular weight is 207 g/mol. The summed E-state index contributed by atoms with van der Waals surface area (Å²) in [6.45, 7) is 1.93. The Hall–Kier alpha value is -2.27. The largest absolute Gasteiger partial charge is 0.376 e. The molecular weight excluding hydrogens is 196 g/mol. The van der Waals surface area contributed by atoms with Crippen molar-refractivity contribution in [3.05, 3.63) is 72.3 Å². The third-order valence-corrected chi connectivity index (χ3v) is 2.22. The second-order valence-electron chi connectivity index (χ2n) is 3.39. The van der Waals surface area contributed by atoms with E-state index in [2.05, 4.69) is 11.4 Å². The molecule has 16 heavy (non-hydrogen) atoms. The van der Waals surface area contributed by atoms with Gasteiger partial charge in [-0.15, -0.1) is 0 Å². The lowest BCUT2D eigenvalue weighted by atomic mass is 10.2. The van der Waals surface area contributed by atoms with Gasteiger partial charge in [-0.3, -0.25) is 0 Å². The minimum atomic E-state index is 0.672. The molecule has 2 rings (SSSR count). The van der Waals surface area contributed by atoms with Crippen LogP contribution in [0.1, 0.15) is 11.1 Å². The van der Waals surface area contributed by atoms with Crippen molar-refractivity contribution in [3.8, 4) is 6.07 Å². The van der Waals surface area contributed by atoms with E-state index in [1.807, 2.05) is 49.0 Å². The van der Waals surface area contributed by atoms with Crippen LogP contribution >= 0.6 is 0 Å². The van der Waals surface area contributed by atoms with Crippen LogP contribution in [0.4, 0.5) is 5.69 Å². The molecule has 0 aromatic heterocycles. The molecule has 0 spiro atoms. The summed E-state index contributed by atoms with van der Waals surface area (Å²) in [6, 6.07) is 19.5. The standard InChI is InChI=1S/C14H11N2/c15-10-12-6-8-14(9-7-12)16-11-13-4-2-1-3-5-13/h1-9,11,16H. The number of nitrogens with zero attached hydrogens (tertiary/aromatic N) is 1. The van der Waals surface area contributed by atoms with Gasteiger partial charge in [0.15, 0.2) is 0 Å². The molecule has 1 radical (unpaired) electrons. The molecule has 0 atom stereocenters. The molecule has 0 aliphatic carbocycles. The van der Waals surface area contributed by atoms with Gasteiger partial charge in [0.05, 0.1) is 18.2 Å². The van der Waals surface area contributed by atoms with E-state index < -0.39 is 0 Å². The maximum atomic E-state index is 8.66. The highest BCUT2D eigenvalue weighted by atomic mass is 14.9. The maximum absolute atomic E-state index is 8.66. The van der Waals surface area contributed by atoms with Gasteiger partial charge in [0.2, 0.25) is 0 Å². The molecule has 2 heteroatoms. The van der Waals surface area contributed by atoms with E-state index in [-0.39, 0.29) is 0 Å². The number of nitriles is 1. The molecule has 0 bridgehead atoms. The van der Waals surface area contributed by atoms with Crippen molar-refractivity contribution in [1.29, 1.82) is 5.26 Å². The van der Waals surface area contributed by atoms with Gasteiger partial charge in [0.25, 0.3) is 0 Å². The minimum absolute atomic E-state index is 0.672. The van der Waals surface area contributed by atoms with Gasteiger partial charge in [-0.05, 0) is 29.8 Å². The van der Waals surface area contributed by atoms with Crippen LogP contribution < -0.4 is 5.32 Å². The Labute approximate surface area is 95.2 Å². The van der Waals surface area contributed by atoms with Crippen LogP contribution in [0.5, 0.6) is 0 Å². The molecule has 2 aromatic rings. The van der Waals surface area contributed by atoms with Gasteiger partial charge >= 0.3 is 0 Å². The summed E-state index contributed by atoms with van der Waals surface area (Å²) in [6.07, 6.45) is 0. The number of hydrogen-bond donors (Lipinski definition) is 1. The van der Waals surface area contributed by atoms with Crippen molar-refractivity contribution in [1.82, 2.24) is 0 Å². The van der Waals surface area contributed by atoms with Gasteiger partial charge in [-0.1, -0.05) is 30.3 Å². The molecule has 0 saturated carbocycles. The maximum Gasteiger partial charge on any atom is 0.0991 e. The van der Waals surface area contributed by atoms with Crippen molar-refractivity contribution in [2.45, 2.75) is 0 Å². The highest BCUT2D eigenvalue weighted by Crippen LogP contribution is 2.11. The Balaban J connectivity index is 1.98. The van der Waals surface area contributed by atoms with E-state index in [4.69, 9.17) is 5.26 Å². The summed E-state index contributed by atoms with van der Waals surface area (Å²) in [4.78, 5) is 0. The number of nitrogens with one attached hydrogen (secondary N) is 1. The number of benzene rings is 2. The third-order valence-electron chi connectivity index (χ3n) is 2.22. The molecule has 0 heterocycles. The molecule has 0 saturated heterocycles. The smallest absolute Gasteiger partial charge is 0.0991 e. The van der Waals surface area contributed by atoms with Crippen molar-refractivity contribution < 1.29 is 0 Å². The first-order chi connectivity index (χ1) is 7.88. The number of hydrogen-bond acceptors (Lipinski definition) is 2. The fourth-order valence-corrected chi connectivity index (χ4v) is 1.36. The van der Waals surface area contributed by atoms with E-state index in [0.29, 0.717) is 5.56 Å². The van der Waals surface area contributed by atoms with Crippen molar-refractivity contribution in [3.63, 3.8) is 0 Å². The van der Waals surface area contributed by atoms with Gasteiger partial charge in [0, 0.05) is 5.69 Å². The topological polar surface area (TPSA) is 35.8 Å². The van der Waals surface area contributed by atoms with Crippen molar-refractivity contribution in [2.75, 3.05) is 5.32 Å². The fraction of sp³-hybridized carbons (Fsp3) is 0. The van der Waals surface area contributed by atoms with E-state index in [1.54, 1.807) is 12.1 Å². The second-order valence-corrected chi connectivity index (χ2v) is 3.39. The highest BCUT2D eigenvalue weighted by molar-refractivity contribution is 5.50. The average Bonchev–Trinajstić information content (AvgIpc) is 2.38. The zero-order chi connectivity index (χ0) is 11.2. The molecule has 0 unspecified atom stereocenters. The zero-order valence-electron chi connectivity index (χ0n) is 8.72. The SMILES string of the molecule is N#Cc1ccc(N[CH]c2ccccc2)cc1. The molecular formula is C14H11N2. The first-order valence-corrected chi connectivity index (χ1v) is 5.03. The molecule has 0 fully saturated rings. The van der Waals surface area contributed by atoms with Crippen LogP contribution in [-0.2, 0) is 0 Å². The molecule has 0 aliphatic heterocycles.